The summed E-state index contributed by atoms with van der Waals surface area (Å²) in [5, 5.41) is 4.35. The van der Waals surface area contributed by atoms with Gasteiger partial charge in [0, 0.05) is 16.8 Å². The Labute approximate surface area is 154 Å². The average molecular weight is 393 g/mol. The molecule has 3 aromatic rings. The Bertz CT molecular complexity index is 1050. The van der Waals surface area contributed by atoms with Crippen LogP contribution in [0.4, 0.5) is 0 Å². The molecule has 1 heterocycles. The number of carbonyl (C=O) groups excluding carboxylic acids is 1. The van der Waals surface area contributed by atoms with Gasteiger partial charge in [-0.2, -0.15) is 4.98 Å². The fraction of sp³-hybridized carbons (Fsp3) is 0.118. The maximum atomic E-state index is 12.0. The third kappa shape index (κ3) is 4.27. The largest absolute Gasteiger partial charge is 0.452 e. The fourth-order valence-corrected chi connectivity index (χ4v) is 2.93. The van der Waals surface area contributed by atoms with Gasteiger partial charge in [0.05, 0.1) is 10.5 Å². The highest BCUT2D eigenvalue weighted by molar-refractivity contribution is 7.90. The van der Waals surface area contributed by atoms with E-state index in [9.17, 15) is 13.2 Å². The summed E-state index contributed by atoms with van der Waals surface area (Å²) in [6.45, 7) is -0.208. The monoisotopic (exact) mass is 392 g/mol. The van der Waals surface area contributed by atoms with Crippen LogP contribution in [-0.4, -0.2) is 30.8 Å². The van der Waals surface area contributed by atoms with Crippen molar-refractivity contribution in [1.29, 1.82) is 0 Å². The lowest BCUT2D eigenvalue weighted by Crippen LogP contribution is -2.06. The molecule has 7 nitrogen and oxygen atoms in total. The molecule has 0 aliphatic heterocycles. The summed E-state index contributed by atoms with van der Waals surface area (Å²) in [6.07, 6.45) is 1.09. The van der Waals surface area contributed by atoms with Gasteiger partial charge >= 0.3 is 5.97 Å². The molecule has 0 unspecified atom stereocenters. The molecule has 0 saturated heterocycles. The van der Waals surface area contributed by atoms with Crippen LogP contribution >= 0.6 is 11.6 Å². The molecule has 2 aromatic carbocycles. The second-order valence-corrected chi connectivity index (χ2v) is 7.85. The first-order valence-corrected chi connectivity index (χ1v) is 9.65. The Balaban J connectivity index is 1.65. The van der Waals surface area contributed by atoms with E-state index in [0.29, 0.717) is 16.4 Å². The van der Waals surface area contributed by atoms with Crippen LogP contribution in [0.15, 0.2) is 57.9 Å². The third-order valence-electron chi connectivity index (χ3n) is 3.40. The number of nitrogens with zero attached hydrogens (tertiary/aromatic N) is 2. The molecule has 0 atom stereocenters. The minimum atomic E-state index is -3.32. The molecule has 0 amide bonds. The first-order chi connectivity index (χ1) is 12.3. The van der Waals surface area contributed by atoms with Gasteiger partial charge in [0.2, 0.25) is 5.82 Å². The number of carbonyl (C=O) groups is 1. The normalized spacial score (nSPS) is 11.3. The van der Waals surface area contributed by atoms with Crippen molar-refractivity contribution in [3.8, 4) is 11.4 Å². The quantitative estimate of drug-likeness (QED) is 0.615. The molecule has 0 aliphatic rings. The van der Waals surface area contributed by atoms with Gasteiger partial charge in [-0.05, 0) is 36.4 Å². The van der Waals surface area contributed by atoms with E-state index in [1.165, 1.54) is 24.3 Å². The fourth-order valence-electron chi connectivity index (χ4n) is 2.11. The average Bonchev–Trinajstić information content (AvgIpc) is 3.08. The van der Waals surface area contributed by atoms with E-state index in [4.69, 9.17) is 20.9 Å². The Morgan fingerprint density at radius 2 is 1.92 bits per heavy atom. The molecule has 0 N–H and O–H groups in total. The highest BCUT2D eigenvalue weighted by atomic mass is 35.5. The maximum Gasteiger partial charge on any atom is 0.338 e. The van der Waals surface area contributed by atoms with E-state index in [2.05, 4.69) is 10.1 Å². The number of hydrogen-bond donors (Lipinski definition) is 0. The molecule has 0 bridgehead atoms. The zero-order valence-electron chi connectivity index (χ0n) is 13.5. The molecule has 134 valence electrons. The van der Waals surface area contributed by atoms with Crippen LogP contribution in [-0.2, 0) is 21.2 Å². The van der Waals surface area contributed by atoms with Gasteiger partial charge in [-0.3, -0.25) is 0 Å². The summed E-state index contributed by atoms with van der Waals surface area (Å²) in [6, 6.07) is 12.4. The molecule has 1 aromatic heterocycles. The minimum Gasteiger partial charge on any atom is -0.452 e. The number of rotatable bonds is 5. The number of hydrogen-bond acceptors (Lipinski definition) is 7. The van der Waals surface area contributed by atoms with E-state index in [1.54, 1.807) is 24.3 Å². The topological polar surface area (TPSA) is 99.4 Å². The van der Waals surface area contributed by atoms with Crippen molar-refractivity contribution >= 4 is 27.4 Å². The highest BCUT2D eigenvalue weighted by Gasteiger charge is 2.14. The number of aromatic nitrogens is 2. The Kier molecular flexibility index (Phi) is 5.06. The van der Waals surface area contributed by atoms with Gasteiger partial charge in [0.1, 0.15) is 0 Å². The molecule has 3 rings (SSSR count). The summed E-state index contributed by atoms with van der Waals surface area (Å²) >= 11 is 5.92. The second kappa shape index (κ2) is 7.27. The molecule has 0 saturated carbocycles. The molecule has 0 spiro atoms. The van der Waals surface area contributed by atoms with Crippen molar-refractivity contribution in [3.63, 3.8) is 0 Å². The van der Waals surface area contributed by atoms with Crippen LogP contribution < -0.4 is 0 Å². The molecule has 9 heteroatoms. The highest BCUT2D eigenvalue weighted by Crippen LogP contribution is 2.20. The maximum absolute atomic E-state index is 12.0. The van der Waals surface area contributed by atoms with Gasteiger partial charge < -0.3 is 9.26 Å². The number of esters is 1. The molecule has 26 heavy (non-hydrogen) atoms. The smallest absolute Gasteiger partial charge is 0.338 e. The summed E-state index contributed by atoms with van der Waals surface area (Å²) in [5.41, 5.74) is 0.891. The second-order valence-electron chi connectivity index (χ2n) is 5.39. The van der Waals surface area contributed by atoms with E-state index >= 15 is 0 Å². The number of halogens is 1. The number of sulfone groups is 1. The standard InChI is InChI=1S/C17H13ClN2O5S/c1-26(22,23)14-7-5-11(6-8-14)17(21)24-10-15-19-16(20-25-15)12-3-2-4-13(18)9-12/h2-9H,10H2,1H3. The Morgan fingerprint density at radius 1 is 1.19 bits per heavy atom. The zero-order chi connectivity index (χ0) is 18.7. The summed E-state index contributed by atoms with van der Waals surface area (Å²) in [4.78, 5) is 16.3. The molecule has 0 fully saturated rings. The van der Waals surface area contributed by atoms with Crippen molar-refractivity contribution < 1.29 is 22.5 Å². The van der Waals surface area contributed by atoms with Crippen molar-refractivity contribution in [2.24, 2.45) is 0 Å². The van der Waals surface area contributed by atoms with Crippen molar-refractivity contribution in [2.45, 2.75) is 11.5 Å². The zero-order valence-corrected chi connectivity index (χ0v) is 15.1. The van der Waals surface area contributed by atoms with Gasteiger partial charge in [0.25, 0.3) is 5.89 Å². The van der Waals surface area contributed by atoms with Crippen LogP contribution in [0.25, 0.3) is 11.4 Å². The first-order valence-electron chi connectivity index (χ1n) is 7.39. The first kappa shape index (κ1) is 18.1. The lowest BCUT2D eigenvalue weighted by molar-refractivity contribution is 0.0429. The molecule has 0 radical (unpaired) electrons. The predicted molar refractivity (Wildman–Crippen MR) is 93.4 cm³/mol. The van der Waals surface area contributed by atoms with Crippen molar-refractivity contribution in [2.75, 3.05) is 6.26 Å². The number of ether oxygens (including phenoxy) is 1. The van der Waals surface area contributed by atoms with E-state index < -0.39 is 15.8 Å². The molecule has 0 aliphatic carbocycles. The minimum absolute atomic E-state index is 0.122. The lowest BCUT2D eigenvalue weighted by atomic mass is 10.2. The molecular weight excluding hydrogens is 380 g/mol. The van der Waals surface area contributed by atoms with Crippen molar-refractivity contribution in [1.82, 2.24) is 10.1 Å². The van der Waals surface area contributed by atoms with Gasteiger partial charge in [-0.25, -0.2) is 13.2 Å². The van der Waals surface area contributed by atoms with E-state index in [0.717, 1.165) is 6.26 Å². The van der Waals surface area contributed by atoms with Gasteiger partial charge in [-0.15, -0.1) is 0 Å². The van der Waals surface area contributed by atoms with E-state index in [-0.39, 0.29) is 23.0 Å². The van der Waals surface area contributed by atoms with Crippen LogP contribution in [0, 0.1) is 0 Å². The summed E-state index contributed by atoms with van der Waals surface area (Å²) < 4.78 is 33.0. The molecular formula is C17H13ClN2O5S. The number of benzene rings is 2. The van der Waals surface area contributed by atoms with Crippen LogP contribution in [0.1, 0.15) is 16.2 Å². The lowest BCUT2D eigenvalue weighted by Gasteiger charge is -2.03. The van der Waals surface area contributed by atoms with E-state index in [1.807, 2.05) is 0 Å². The predicted octanol–water partition coefficient (Wildman–Crippen LogP) is 3.15. The van der Waals surface area contributed by atoms with Gasteiger partial charge in [-0.1, -0.05) is 28.9 Å². The van der Waals surface area contributed by atoms with Crippen LogP contribution in [0.5, 0.6) is 0 Å². The Hall–Kier alpha value is -2.71. The van der Waals surface area contributed by atoms with Gasteiger partial charge in [0.15, 0.2) is 16.4 Å². The SMILES string of the molecule is CS(=O)(=O)c1ccc(C(=O)OCc2nc(-c3cccc(Cl)c3)no2)cc1. The summed E-state index contributed by atoms with van der Waals surface area (Å²) in [5.74, 6) is -0.176. The van der Waals surface area contributed by atoms with Crippen LogP contribution in [0.3, 0.4) is 0 Å². The van der Waals surface area contributed by atoms with Crippen LogP contribution in [0.2, 0.25) is 5.02 Å². The summed E-state index contributed by atoms with van der Waals surface area (Å²) in [7, 11) is -3.32. The Morgan fingerprint density at radius 3 is 2.58 bits per heavy atom. The van der Waals surface area contributed by atoms with Crippen molar-refractivity contribution in [3.05, 3.63) is 65.0 Å². The third-order valence-corrected chi connectivity index (χ3v) is 4.76.